The van der Waals surface area contributed by atoms with Crippen LogP contribution in [0.2, 0.25) is 0 Å². The standard InChI is InChI=1S/C23H24N4O3S/c1-5-29-20-9-7-6-8-19(20)27-23(24-25-26-27)31-13-16-11-22(28)30-21-10-15(4)17(14(2)3)12-18(16)21/h6-12,14H,5,13H2,1-4H3. The van der Waals surface area contributed by atoms with Gasteiger partial charge in [-0.3, -0.25) is 0 Å². The molecule has 0 bridgehead atoms. The minimum atomic E-state index is -0.360. The van der Waals surface area contributed by atoms with Crippen molar-refractivity contribution in [2.45, 2.75) is 44.5 Å². The molecule has 160 valence electrons. The Hall–Kier alpha value is -3.13. The van der Waals surface area contributed by atoms with Crippen molar-refractivity contribution in [1.82, 2.24) is 20.2 Å². The van der Waals surface area contributed by atoms with Crippen molar-refractivity contribution in [1.29, 1.82) is 0 Å². The maximum atomic E-state index is 12.2. The summed E-state index contributed by atoms with van der Waals surface area (Å²) in [6.45, 7) is 8.84. The molecule has 2 aromatic carbocycles. The van der Waals surface area contributed by atoms with E-state index in [2.05, 4.69) is 35.4 Å². The summed E-state index contributed by atoms with van der Waals surface area (Å²) >= 11 is 1.46. The summed E-state index contributed by atoms with van der Waals surface area (Å²) in [5, 5.41) is 13.7. The van der Waals surface area contributed by atoms with Crippen molar-refractivity contribution in [2.24, 2.45) is 0 Å². The van der Waals surface area contributed by atoms with Crippen molar-refractivity contribution in [3.05, 3.63) is 69.6 Å². The van der Waals surface area contributed by atoms with E-state index in [1.165, 1.54) is 17.3 Å². The molecule has 8 heteroatoms. The van der Waals surface area contributed by atoms with E-state index in [0.29, 0.717) is 34.8 Å². The molecule has 2 heterocycles. The summed E-state index contributed by atoms with van der Waals surface area (Å²) in [6, 6.07) is 13.3. The Balaban J connectivity index is 1.69. The molecule has 0 aliphatic heterocycles. The maximum absolute atomic E-state index is 12.2. The Morgan fingerprint density at radius 3 is 2.77 bits per heavy atom. The highest BCUT2D eigenvalue weighted by Gasteiger charge is 2.16. The molecule has 0 aliphatic rings. The van der Waals surface area contributed by atoms with E-state index in [4.69, 9.17) is 9.15 Å². The second kappa shape index (κ2) is 8.93. The molecule has 0 fully saturated rings. The van der Waals surface area contributed by atoms with Crippen LogP contribution in [0.15, 0.2) is 56.8 Å². The van der Waals surface area contributed by atoms with Crippen LogP contribution in [0.4, 0.5) is 0 Å². The fourth-order valence-corrected chi connectivity index (χ4v) is 4.48. The van der Waals surface area contributed by atoms with E-state index in [1.54, 1.807) is 10.7 Å². The lowest BCUT2D eigenvalue weighted by molar-refractivity contribution is 0.337. The fourth-order valence-electron chi connectivity index (χ4n) is 3.60. The fraction of sp³-hybridized carbons (Fsp3) is 0.304. The number of benzene rings is 2. The average molecular weight is 437 g/mol. The molecule has 0 N–H and O–H groups in total. The minimum absolute atomic E-state index is 0.360. The summed E-state index contributed by atoms with van der Waals surface area (Å²) in [5.74, 6) is 1.61. The zero-order valence-corrected chi connectivity index (χ0v) is 18.8. The summed E-state index contributed by atoms with van der Waals surface area (Å²) in [6.07, 6.45) is 0. The summed E-state index contributed by atoms with van der Waals surface area (Å²) in [5.41, 5.74) is 4.26. The molecular formula is C23H24N4O3S. The third-order valence-electron chi connectivity index (χ3n) is 5.03. The zero-order valence-electron chi connectivity index (χ0n) is 18.0. The molecule has 0 atom stereocenters. The number of nitrogens with zero attached hydrogens (tertiary/aromatic N) is 4. The molecule has 0 aliphatic carbocycles. The number of hydrogen-bond donors (Lipinski definition) is 0. The van der Waals surface area contributed by atoms with Gasteiger partial charge in [0, 0.05) is 17.2 Å². The van der Waals surface area contributed by atoms with E-state index in [1.807, 2.05) is 44.2 Å². The highest BCUT2D eigenvalue weighted by molar-refractivity contribution is 7.98. The third kappa shape index (κ3) is 4.34. The SMILES string of the molecule is CCOc1ccccc1-n1nnnc1SCc1cc(=O)oc2cc(C)c(C(C)C)cc12. The molecule has 2 aromatic heterocycles. The Labute approximate surface area is 184 Å². The van der Waals surface area contributed by atoms with Gasteiger partial charge in [0.05, 0.1) is 6.61 Å². The lowest BCUT2D eigenvalue weighted by Crippen LogP contribution is -2.04. The Morgan fingerprint density at radius 1 is 1.19 bits per heavy atom. The number of ether oxygens (including phenoxy) is 1. The van der Waals surface area contributed by atoms with Crippen molar-refractivity contribution in [3.8, 4) is 11.4 Å². The van der Waals surface area contributed by atoms with Crippen LogP contribution in [0, 0.1) is 6.92 Å². The summed E-state index contributed by atoms with van der Waals surface area (Å²) < 4.78 is 12.8. The predicted molar refractivity (Wildman–Crippen MR) is 121 cm³/mol. The van der Waals surface area contributed by atoms with Crippen LogP contribution < -0.4 is 10.4 Å². The van der Waals surface area contributed by atoms with Crippen LogP contribution in [0.3, 0.4) is 0 Å². The van der Waals surface area contributed by atoms with E-state index in [0.717, 1.165) is 22.2 Å². The number of hydrogen-bond acceptors (Lipinski definition) is 7. The zero-order chi connectivity index (χ0) is 22.0. The van der Waals surface area contributed by atoms with Crippen molar-refractivity contribution in [3.63, 3.8) is 0 Å². The molecule has 4 aromatic rings. The topological polar surface area (TPSA) is 83.0 Å². The Morgan fingerprint density at radius 2 is 2.00 bits per heavy atom. The summed E-state index contributed by atoms with van der Waals surface area (Å²) in [7, 11) is 0. The van der Waals surface area contributed by atoms with Crippen LogP contribution in [0.25, 0.3) is 16.7 Å². The molecule has 0 spiro atoms. The lowest BCUT2D eigenvalue weighted by Gasteiger charge is -2.13. The monoisotopic (exact) mass is 436 g/mol. The van der Waals surface area contributed by atoms with Gasteiger partial charge in [0.2, 0.25) is 5.16 Å². The van der Waals surface area contributed by atoms with Gasteiger partial charge in [-0.05, 0) is 71.1 Å². The highest BCUT2D eigenvalue weighted by Crippen LogP contribution is 2.31. The first kappa shape index (κ1) is 21.1. The normalized spacial score (nSPS) is 11.4. The van der Waals surface area contributed by atoms with Crippen LogP contribution in [-0.4, -0.2) is 26.8 Å². The smallest absolute Gasteiger partial charge is 0.336 e. The molecule has 31 heavy (non-hydrogen) atoms. The van der Waals surface area contributed by atoms with Gasteiger partial charge in [0.1, 0.15) is 17.0 Å². The third-order valence-corrected chi connectivity index (χ3v) is 6.00. The lowest BCUT2D eigenvalue weighted by atomic mass is 9.95. The van der Waals surface area contributed by atoms with Gasteiger partial charge in [0.25, 0.3) is 0 Å². The Kier molecular flexibility index (Phi) is 6.08. The first-order chi connectivity index (χ1) is 15.0. The number of aromatic nitrogens is 4. The predicted octanol–water partition coefficient (Wildman–Crippen LogP) is 4.89. The second-order valence-corrected chi connectivity index (χ2v) is 8.46. The molecular weight excluding hydrogens is 412 g/mol. The maximum Gasteiger partial charge on any atom is 0.336 e. The van der Waals surface area contributed by atoms with Crippen LogP contribution in [0.5, 0.6) is 5.75 Å². The average Bonchev–Trinajstić information content (AvgIpc) is 3.20. The van der Waals surface area contributed by atoms with E-state index >= 15 is 0 Å². The van der Waals surface area contributed by atoms with Gasteiger partial charge in [-0.1, -0.05) is 37.7 Å². The molecule has 7 nitrogen and oxygen atoms in total. The number of tetrazole rings is 1. The number of fused-ring (bicyclic) bond motifs is 1. The van der Waals surface area contributed by atoms with Gasteiger partial charge >= 0.3 is 5.63 Å². The highest BCUT2D eigenvalue weighted by atomic mass is 32.2. The van der Waals surface area contributed by atoms with Crippen molar-refractivity contribution in [2.75, 3.05) is 6.61 Å². The number of aryl methyl sites for hydroxylation is 1. The van der Waals surface area contributed by atoms with Gasteiger partial charge < -0.3 is 9.15 Å². The van der Waals surface area contributed by atoms with Crippen molar-refractivity contribution < 1.29 is 9.15 Å². The quantitative estimate of drug-likeness (QED) is 0.301. The second-order valence-electron chi connectivity index (χ2n) is 7.51. The van der Waals surface area contributed by atoms with E-state index in [9.17, 15) is 4.79 Å². The molecule has 0 amide bonds. The molecule has 0 saturated carbocycles. The van der Waals surface area contributed by atoms with Crippen molar-refractivity contribution >= 4 is 22.7 Å². The van der Waals surface area contributed by atoms with E-state index < -0.39 is 0 Å². The molecule has 0 saturated heterocycles. The molecule has 0 unspecified atom stereocenters. The Bertz CT molecular complexity index is 1280. The van der Waals surface area contributed by atoms with Gasteiger partial charge in [0.15, 0.2) is 0 Å². The molecule has 4 rings (SSSR count). The van der Waals surface area contributed by atoms with Gasteiger partial charge in [-0.15, -0.1) is 5.10 Å². The first-order valence-corrected chi connectivity index (χ1v) is 11.2. The first-order valence-electron chi connectivity index (χ1n) is 10.2. The number of para-hydroxylation sites is 2. The van der Waals surface area contributed by atoms with E-state index in [-0.39, 0.29) is 5.63 Å². The van der Waals surface area contributed by atoms with Crippen LogP contribution in [-0.2, 0) is 5.75 Å². The van der Waals surface area contributed by atoms with Gasteiger partial charge in [-0.25, -0.2) is 4.79 Å². The van der Waals surface area contributed by atoms with Gasteiger partial charge in [-0.2, -0.15) is 4.68 Å². The largest absolute Gasteiger partial charge is 0.492 e. The molecule has 0 radical (unpaired) electrons. The van der Waals surface area contributed by atoms with Crippen LogP contribution in [0.1, 0.15) is 43.4 Å². The van der Waals surface area contributed by atoms with Crippen LogP contribution >= 0.6 is 11.8 Å². The summed E-state index contributed by atoms with van der Waals surface area (Å²) in [4.78, 5) is 12.2. The number of thioether (sulfide) groups is 1. The number of rotatable bonds is 7. The minimum Gasteiger partial charge on any atom is -0.492 e.